The minimum atomic E-state index is -0.415. The zero-order chi connectivity index (χ0) is 21.4. The maximum Gasteiger partial charge on any atom is 0.341 e. The van der Waals surface area contributed by atoms with Crippen molar-refractivity contribution in [2.45, 2.75) is 57.0 Å². The number of fused-ring (bicyclic) bond motifs is 1. The lowest BCUT2D eigenvalue weighted by Crippen LogP contribution is -2.55. The number of rotatable bonds is 5. The van der Waals surface area contributed by atoms with Crippen LogP contribution in [-0.4, -0.2) is 30.3 Å². The summed E-state index contributed by atoms with van der Waals surface area (Å²) >= 11 is 3.14. The van der Waals surface area contributed by atoms with Crippen molar-refractivity contribution in [1.29, 1.82) is 0 Å². The predicted molar refractivity (Wildman–Crippen MR) is 120 cm³/mol. The van der Waals surface area contributed by atoms with Gasteiger partial charge in [0.25, 0.3) is 5.91 Å². The average molecular weight is 433 g/mol. The molecule has 0 unspecified atom stereocenters. The molecule has 0 saturated heterocycles. The molecule has 0 radical (unpaired) electrons. The van der Waals surface area contributed by atoms with Crippen molar-refractivity contribution in [1.82, 2.24) is 5.32 Å². The van der Waals surface area contributed by atoms with Crippen LogP contribution in [0.1, 0.15) is 65.8 Å². The van der Waals surface area contributed by atoms with Crippen LogP contribution >= 0.6 is 23.1 Å². The number of carbonyl (C=O) groups excluding carboxylic acids is 2. The molecular formula is C22H28N2O3S2. The summed E-state index contributed by atoms with van der Waals surface area (Å²) in [4.78, 5) is 27.7. The van der Waals surface area contributed by atoms with Crippen LogP contribution in [0.5, 0.6) is 0 Å². The standard InChI is InChI=1S/C22H28N2O3S2/c1-7-28-14-10-8-9-13(11-14)18(25)23-19-16(20(26)27-6)15-12-21(2,3)24-22(4,5)17(15)29-19/h8-11,24H,7,12H2,1-6H3,(H,23,25). The average Bonchev–Trinajstić information content (AvgIpc) is 2.98. The molecule has 2 aromatic rings. The summed E-state index contributed by atoms with van der Waals surface area (Å²) in [6, 6.07) is 7.53. The third kappa shape index (κ3) is 4.52. The van der Waals surface area contributed by atoms with Crippen LogP contribution in [0, 0.1) is 0 Å². The number of thioether (sulfide) groups is 1. The van der Waals surface area contributed by atoms with Gasteiger partial charge in [0.2, 0.25) is 0 Å². The smallest absolute Gasteiger partial charge is 0.341 e. The summed E-state index contributed by atoms with van der Waals surface area (Å²) in [6.45, 7) is 10.5. The molecule has 0 atom stereocenters. The molecule has 1 aliphatic heterocycles. The Morgan fingerprint density at radius 2 is 2.00 bits per heavy atom. The van der Waals surface area contributed by atoms with Gasteiger partial charge >= 0.3 is 5.97 Å². The van der Waals surface area contributed by atoms with Gasteiger partial charge in [0.05, 0.1) is 12.7 Å². The number of esters is 1. The van der Waals surface area contributed by atoms with Crippen LogP contribution in [0.25, 0.3) is 0 Å². The van der Waals surface area contributed by atoms with Gasteiger partial charge in [-0.3, -0.25) is 4.79 Å². The highest BCUT2D eigenvalue weighted by molar-refractivity contribution is 7.99. The van der Waals surface area contributed by atoms with Gasteiger partial charge in [0, 0.05) is 26.4 Å². The highest BCUT2D eigenvalue weighted by Gasteiger charge is 2.42. The Bertz CT molecular complexity index is 948. The number of amides is 1. The van der Waals surface area contributed by atoms with Gasteiger partial charge in [0.1, 0.15) is 5.00 Å². The SMILES string of the molecule is CCSc1cccc(C(=O)Nc2sc3c(c2C(=O)OC)CC(C)(C)NC3(C)C)c1. The summed E-state index contributed by atoms with van der Waals surface area (Å²) in [5, 5.41) is 7.16. The summed E-state index contributed by atoms with van der Waals surface area (Å²) in [5.41, 5.74) is 1.52. The Hall–Kier alpha value is -1.83. The molecular weight excluding hydrogens is 404 g/mol. The topological polar surface area (TPSA) is 67.4 Å². The number of benzene rings is 1. The van der Waals surface area contributed by atoms with Gasteiger partial charge in [-0.25, -0.2) is 4.79 Å². The number of anilines is 1. The van der Waals surface area contributed by atoms with Crippen molar-refractivity contribution in [2.24, 2.45) is 0 Å². The lowest BCUT2D eigenvalue weighted by molar-refractivity contribution is 0.0600. The van der Waals surface area contributed by atoms with E-state index in [4.69, 9.17) is 4.74 Å². The number of hydrogen-bond acceptors (Lipinski definition) is 6. The molecule has 3 rings (SSSR count). The summed E-state index contributed by atoms with van der Waals surface area (Å²) in [5.74, 6) is 0.298. The second kappa shape index (κ2) is 8.13. The quantitative estimate of drug-likeness (QED) is 0.511. The number of thiophene rings is 1. The summed E-state index contributed by atoms with van der Waals surface area (Å²) < 4.78 is 5.07. The normalized spacial score (nSPS) is 16.8. The van der Waals surface area contributed by atoms with Crippen LogP contribution in [0.4, 0.5) is 5.00 Å². The Morgan fingerprint density at radius 3 is 2.66 bits per heavy atom. The van der Waals surface area contributed by atoms with Crippen LogP contribution in [0.3, 0.4) is 0 Å². The van der Waals surface area contributed by atoms with Crippen LogP contribution in [-0.2, 0) is 16.7 Å². The molecule has 1 aromatic heterocycles. The molecule has 2 heterocycles. The van der Waals surface area contributed by atoms with Gasteiger partial charge in [-0.15, -0.1) is 23.1 Å². The van der Waals surface area contributed by atoms with Crippen molar-refractivity contribution in [3.63, 3.8) is 0 Å². The Labute approximate surface area is 180 Å². The van der Waals surface area contributed by atoms with Crippen molar-refractivity contribution in [3.8, 4) is 0 Å². The minimum Gasteiger partial charge on any atom is -0.465 e. The highest BCUT2D eigenvalue weighted by Crippen LogP contribution is 2.45. The van der Waals surface area contributed by atoms with Crippen molar-refractivity contribution in [2.75, 3.05) is 18.2 Å². The molecule has 1 amide bonds. The van der Waals surface area contributed by atoms with Crippen LogP contribution < -0.4 is 10.6 Å². The maximum absolute atomic E-state index is 13.0. The summed E-state index contributed by atoms with van der Waals surface area (Å²) in [7, 11) is 1.38. The van der Waals surface area contributed by atoms with Gasteiger partial charge in [-0.1, -0.05) is 13.0 Å². The number of hydrogen-bond donors (Lipinski definition) is 2. The van der Waals surface area contributed by atoms with E-state index in [2.05, 4.69) is 45.3 Å². The molecule has 0 bridgehead atoms. The zero-order valence-electron chi connectivity index (χ0n) is 17.8. The molecule has 1 aromatic carbocycles. The van der Waals surface area contributed by atoms with Crippen molar-refractivity contribution in [3.05, 3.63) is 45.8 Å². The third-order valence-electron chi connectivity index (χ3n) is 4.87. The molecule has 0 saturated carbocycles. The lowest BCUT2D eigenvalue weighted by Gasteiger charge is -2.42. The zero-order valence-corrected chi connectivity index (χ0v) is 19.4. The van der Waals surface area contributed by atoms with E-state index in [-0.39, 0.29) is 17.0 Å². The third-order valence-corrected chi connectivity index (χ3v) is 7.22. The number of carbonyl (C=O) groups is 2. The molecule has 1 aliphatic rings. The molecule has 156 valence electrons. The second-order valence-electron chi connectivity index (χ2n) is 8.33. The maximum atomic E-state index is 13.0. The Morgan fingerprint density at radius 1 is 1.28 bits per heavy atom. The number of methoxy groups -OCH3 is 1. The Balaban J connectivity index is 2.02. The van der Waals surface area contributed by atoms with E-state index in [1.165, 1.54) is 18.4 Å². The monoisotopic (exact) mass is 432 g/mol. The second-order valence-corrected chi connectivity index (χ2v) is 10.7. The van der Waals surface area contributed by atoms with Crippen molar-refractivity contribution >= 4 is 40.0 Å². The highest BCUT2D eigenvalue weighted by atomic mass is 32.2. The first-order valence-corrected chi connectivity index (χ1v) is 11.5. The largest absolute Gasteiger partial charge is 0.465 e. The Kier molecular flexibility index (Phi) is 6.13. The fraction of sp³-hybridized carbons (Fsp3) is 0.455. The number of nitrogens with one attached hydrogen (secondary N) is 2. The van der Waals surface area contributed by atoms with E-state index in [0.29, 0.717) is 22.5 Å². The molecule has 29 heavy (non-hydrogen) atoms. The fourth-order valence-electron chi connectivity index (χ4n) is 4.00. The molecule has 0 aliphatic carbocycles. The van der Waals surface area contributed by atoms with Crippen molar-refractivity contribution < 1.29 is 14.3 Å². The van der Waals surface area contributed by atoms with E-state index in [1.807, 2.05) is 18.2 Å². The lowest BCUT2D eigenvalue weighted by atomic mass is 9.81. The first-order valence-electron chi connectivity index (χ1n) is 9.66. The van der Waals surface area contributed by atoms with Gasteiger partial charge in [-0.2, -0.15) is 0 Å². The van der Waals surface area contributed by atoms with E-state index in [1.54, 1.807) is 17.8 Å². The minimum absolute atomic E-state index is 0.173. The van der Waals surface area contributed by atoms with E-state index in [9.17, 15) is 9.59 Å². The fourth-order valence-corrected chi connectivity index (χ4v) is 5.98. The predicted octanol–water partition coefficient (Wildman–Crippen LogP) is 5.06. The van der Waals surface area contributed by atoms with Crippen LogP contribution in [0.15, 0.2) is 29.2 Å². The first-order chi connectivity index (χ1) is 13.6. The van der Waals surface area contributed by atoms with Gasteiger partial charge < -0.3 is 15.4 Å². The molecule has 5 nitrogen and oxygen atoms in total. The summed E-state index contributed by atoms with van der Waals surface area (Å²) in [6.07, 6.45) is 0.686. The molecule has 7 heteroatoms. The molecule has 2 N–H and O–H groups in total. The first kappa shape index (κ1) is 21.9. The molecule has 0 fully saturated rings. The number of ether oxygens (including phenoxy) is 1. The van der Waals surface area contributed by atoms with Gasteiger partial charge in [-0.05, 0) is 63.6 Å². The molecule has 0 spiro atoms. The van der Waals surface area contributed by atoms with E-state index >= 15 is 0 Å². The van der Waals surface area contributed by atoms with Crippen LogP contribution in [0.2, 0.25) is 0 Å². The van der Waals surface area contributed by atoms with Gasteiger partial charge in [0.15, 0.2) is 0 Å². The van der Waals surface area contributed by atoms with E-state index < -0.39 is 5.97 Å². The van der Waals surface area contributed by atoms with E-state index in [0.717, 1.165) is 21.1 Å².